The Kier molecular flexibility index (Phi) is 7.07. The second-order valence-electron chi connectivity index (χ2n) is 4.50. The van der Waals surface area contributed by atoms with E-state index >= 15 is 0 Å². The first-order valence-corrected chi connectivity index (χ1v) is 8.84. The van der Waals surface area contributed by atoms with E-state index in [9.17, 15) is 8.42 Å². The van der Waals surface area contributed by atoms with Crippen LogP contribution in [-0.4, -0.2) is 52.5 Å². The highest BCUT2D eigenvalue weighted by molar-refractivity contribution is 9.10. The molecule has 116 valence electrons. The van der Waals surface area contributed by atoms with E-state index in [-0.39, 0.29) is 22.8 Å². The summed E-state index contributed by atoms with van der Waals surface area (Å²) in [6.07, 6.45) is 3.91. The third kappa shape index (κ3) is 4.24. The Balaban J connectivity index is 2.89. The van der Waals surface area contributed by atoms with Crippen LogP contribution in [0.5, 0.6) is 0 Å². The Morgan fingerprint density at radius 3 is 2.50 bits per heavy atom. The van der Waals surface area contributed by atoms with Gasteiger partial charge in [0.25, 0.3) is 10.0 Å². The van der Waals surface area contributed by atoms with E-state index in [1.807, 2.05) is 0 Å². The molecular formula is C11H21BrN4O3S. The second kappa shape index (κ2) is 8.06. The Hall–Kier alpha value is -0.510. The molecule has 0 spiro atoms. The molecule has 1 N–H and O–H groups in total. The fourth-order valence-electron chi connectivity index (χ4n) is 1.90. The molecule has 1 rings (SSSR count). The van der Waals surface area contributed by atoms with Gasteiger partial charge in [-0.3, -0.25) is 0 Å². The zero-order chi connectivity index (χ0) is 15.2. The van der Waals surface area contributed by atoms with Gasteiger partial charge >= 0.3 is 0 Å². The van der Waals surface area contributed by atoms with E-state index in [2.05, 4.69) is 33.2 Å². The number of hydrogen-bond acceptors (Lipinski definition) is 5. The van der Waals surface area contributed by atoms with Gasteiger partial charge in [-0.2, -0.15) is 4.31 Å². The zero-order valence-corrected chi connectivity index (χ0v) is 14.2. The van der Waals surface area contributed by atoms with E-state index in [1.165, 1.54) is 16.0 Å². The lowest BCUT2D eigenvalue weighted by Gasteiger charge is -2.21. The van der Waals surface area contributed by atoms with E-state index in [4.69, 9.17) is 5.11 Å². The summed E-state index contributed by atoms with van der Waals surface area (Å²) in [7, 11) is -2.18. The molecule has 1 heterocycles. The minimum Gasteiger partial charge on any atom is -0.395 e. The van der Waals surface area contributed by atoms with Crippen LogP contribution >= 0.6 is 15.9 Å². The Morgan fingerprint density at radius 1 is 1.30 bits per heavy atom. The van der Waals surface area contributed by atoms with Gasteiger partial charge in [-0.05, 0) is 22.4 Å². The van der Waals surface area contributed by atoms with Gasteiger partial charge in [0.2, 0.25) is 5.03 Å². The normalized spacial score (nSPS) is 12.2. The largest absolute Gasteiger partial charge is 0.395 e. The van der Waals surface area contributed by atoms with Crippen LogP contribution in [0.4, 0.5) is 0 Å². The number of halogens is 1. The van der Waals surface area contributed by atoms with Crippen molar-refractivity contribution in [1.29, 1.82) is 0 Å². The maximum atomic E-state index is 12.6. The highest BCUT2D eigenvalue weighted by Gasteiger charge is 2.30. The predicted octanol–water partition coefficient (Wildman–Crippen LogP) is 1.14. The molecule has 9 heteroatoms. The number of aliphatic hydroxyl groups excluding tert-OH is 1. The molecule has 0 aromatic carbocycles. The van der Waals surface area contributed by atoms with Crippen molar-refractivity contribution in [3.63, 3.8) is 0 Å². The van der Waals surface area contributed by atoms with Crippen LogP contribution < -0.4 is 0 Å². The molecule has 0 aliphatic rings. The molecule has 0 aliphatic carbocycles. The summed E-state index contributed by atoms with van der Waals surface area (Å²) >= 11 is 3.10. The summed E-state index contributed by atoms with van der Waals surface area (Å²) in [6, 6.07) is 0. The third-order valence-corrected chi connectivity index (χ3v) is 5.72. The summed E-state index contributed by atoms with van der Waals surface area (Å²) in [6.45, 7) is 2.35. The molecule has 0 atom stereocenters. The smallest absolute Gasteiger partial charge is 0.263 e. The van der Waals surface area contributed by atoms with Crippen LogP contribution in [0.3, 0.4) is 0 Å². The number of aryl methyl sites for hydroxylation is 1. The monoisotopic (exact) mass is 368 g/mol. The number of rotatable bonds is 9. The van der Waals surface area contributed by atoms with E-state index in [0.29, 0.717) is 6.54 Å². The van der Waals surface area contributed by atoms with Crippen molar-refractivity contribution in [2.24, 2.45) is 7.05 Å². The molecule has 7 nitrogen and oxygen atoms in total. The van der Waals surface area contributed by atoms with Crippen LogP contribution in [0, 0.1) is 0 Å². The fourth-order valence-corrected chi connectivity index (χ4v) is 4.40. The number of aliphatic hydroxyl groups is 1. The SMILES string of the molecule is CCCCCCN(CCO)S(=O)(=O)c1c(Br)nnn1C. The first kappa shape index (κ1) is 17.5. The zero-order valence-electron chi connectivity index (χ0n) is 11.8. The highest BCUT2D eigenvalue weighted by atomic mass is 79.9. The highest BCUT2D eigenvalue weighted by Crippen LogP contribution is 2.22. The molecule has 1 aromatic heterocycles. The minimum atomic E-state index is -3.70. The van der Waals surface area contributed by atoms with Crippen molar-refractivity contribution in [2.45, 2.75) is 37.6 Å². The number of unbranched alkanes of at least 4 members (excludes halogenated alkanes) is 3. The van der Waals surface area contributed by atoms with Gasteiger partial charge in [-0.1, -0.05) is 31.4 Å². The summed E-state index contributed by atoms with van der Waals surface area (Å²) in [4.78, 5) is 0. The number of aromatic nitrogens is 3. The van der Waals surface area contributed by atoms with Crippen molar-refractivity contribution in [3.8, 4) is 0 Å². The lowest BCUT2D eigenvalue weighted by Crippen LogP contribution is -2.35. The molecular weight excluding hydrogens is 348 g/mol. The predicted molar refractivity (Wildman–Crippen MR) is 78.7 cm³/mol. The molecule has 0 radical (unpaired) electrons. The maximum absolute atomic E-state index is 12.6. The first-order chi connectivity index (χ1) is 9.45. The van der Waals surface area contributed by atoms with E-state index in [1.54, 1.807) is 0 Å². The van der Waals surface area contributed by atoms with Gasteiger partial charge in [0.1, 0.15) is 0 Å². The summed E-state index contributed by atoms with van der Waals surface area (Å²) in [5, 5.41) is 16.5. The molecule has 1 aromatic rings. The van der Waals surface area contributed by atoms with Crippen LogP contribution in [0.1, 0.15) is 32.6 Å². The third-order valence-electron chi connectivity index (χ3n) is 2.93. The molecule has 0 unspecified atom stereocenters. The second-order valence-corrected chi connectivity index (χ2v) is 7.10. The van der Waals surface area contributed by atoms with Crippen molar-refractivity contribution >= 4 is 26.0 Å². The average Bonchev–Trinajstić information content (AvgIpc) is 2.73. The summed E-state index contributed by atoms with van der Waals surface area (Å²) in [5.74, 6) is 0. The van der Waals surface area contributed by atoms with Gasteiger partial charge in [0.15, 0.2) is 4.60 Å². The molecule has 0 bridgehead atoms. The molecule has 0 saturated heterocycles. The number of sulfonamides is 1. The topological polar surface area (TPSA) is 88.3 Å². The summed E-state index contributed by atoms with van der Waals surface area (Å²) in [5.41, 5.74) is 0. The van der Waals surface area contributed by atoms with Gasteiger partial charge in [-0.15, -0.1) is 5.10 Å². The van der Waals surface area contributed by atoms with Gasteiger partial charge in [-0.25, -0.2) is 13.1 Å². The molecule has 0 amide bonds. The van der Waals surface area contributed by atoms with Gasteiger partial charge < -0.3 is 5.11 Å². The van der Waals surface area contributed by atoms with Gasteiger partial charge in [0, 0.05) is 20.1 Å². The van der Waals surface area contributed by atoms with Crippen LogP contribution in [-0.2, 0) is 17.1 Å². The number of nitrogens with zero attached hydrogens (tertiary/aromatic N) is 4. The van der Waals surface area contributed by atoms with Crippen LogP contribution in [0.15, 0.2) is 9.63 Å². The maximum Gasteiger partial charge on any atom is 0.263 e. The fraction of sp³-hybridized carbons (Fsp3) is 0.818. The van der Waals surface area contributed by atoms with Crippen molar-refractivity contribution < 1.29 is 13.5 Å². The molecule has 0 aliphatic heterocycles. The van der Waals surface area contributed by atoms with Crippen LogP contribution in [0.2, 0.25) is 0 Å². The Labute approximate surface area is 128 Å². The van der Waals surface area contributed by atoms with Crippen molar-refractivity contribution in [2.75, 3.05) is 19.7 Å². The lowest BCUT2D eigenvalue weighted by molar-refractivity contribution is 0.251. The van der Waals surface area contributed by atoms with Crippen molar-refractivity contribution in [1.82, 2.24) is 19.3 Å². The Morgan fingerprint density at radius 2 is 2.00 bits per heavy atom. The van der Waals surface area contributed by atoms with E-state index in [0.717, 1.165) is 25.7 Å². The van der Waals surface area contributed by atoms with Crippen molar-refractivity contribution in [3.05, 3.63) is 4.60 Å². The lowest BCUT2D eigenvalue weighted by atomic mass is 10.2. The Bertz CT molecular complexity index is 498. The van der Waals surface area contributed by atoms with Gasteiger partial charge in [0.05, 0.1) is 6.61 Å². The van der Waals surface area contributed by atoms with E-state index < -0.39 is 10.0 Å². The summed E-state index contributed by atoms with van der Waals surface area (Å²) < 4.78 is 27.8. The quantitative estimate of drug-likeness (QED) is 0.660. The standard InChI is InChI=1S/C11H21BrN4O3S/c1-3-4-5-6-7-16(8-9-17)20(18,19)11-10(12)13-14-15(11)2/h17H,3-9H2,1-2H3. The van der Waals surface area contributed by atoms with Crippen LogP contribution in [0.25, 0.3) is 0 Å². The average molecular weight is 369 g/mol. The molecule has 0 fully saturated rings. The molecule has 0 saturated carbocycles. The minimum absolute atomic E-state index is 0.0152. The molecule has 20 heavy (non-hydrogen) atoms. The number of hydrogen-bond donors (Lipinski definition) is 1. The first-order valence-electron chi connectivity index (χ1n) is 6.61.